The number of benzene rings is 2. The van der Waals surface area contributed by atoms with Gasteiger partial charge in [0, 0.05) is 25.7 Å². The Morgan fingerprint density at radius 2 is 1.91 bits per heavy atom. The molecule has 3 atom stereocenters. The molecule has 2 aromatic rings. The number of hydrogen-bond acceptors (Lipinski definition) is 4. The molecular weight excluding hydrogens is 422 g/mol. The van der Waals surface area contributed by atoms with Gasteiger partial charge in [-0.3, -0.25) is 4.79 Å². The van der Waals surface area contributed by atoms with Gasteiger partial charge in [0.15, 0.2) is 0 Å². The lowest BCUT2D eigenvalue weighted by Crippen LogP contribution is -2.59. The molecule has 0 aliphatic carbocycles. The van der Waals surface area contributed by atoms with Crippen LogP contribution in [0.1, 0.15) is 37.3 Å². The third-order valence-corrected chi connectivity index (χ3v) is 7.10. The molecule has 0 bridgehead atoms. The Morgan fingerprint density at radius 1 is 1.09 bits per heavy atom. The van der Waals surface area contributed by atoms with Crippen LogP contribution in [0.25, 0.3) is 11.1 Å². The summed E-state index contributed by atoms with van der Waals surface area (Å²) in [6, 6.07) is 18.9. The van der Waals surface area contributed by atoms with Crippen molar-refractivity contribution in [2.45, 2.75) is 43.9 Å². The topological polar surface area (TPSA) is 44.8 Å². The van der Waals surface area contributed by atoms with Gasteiger partial charge in [-0.1, -0.05) is 72.8 Å². The van der Waals surface area contributed by atoms with Crippen LogP contribution in [-0.4, -0.2) is 54.1 Å². The first kappa shape index (κ1) is 22.9. The molecule has 2 fully saturated rings. The number of ether oxygens (including phenoxy) is 1. The highest BCUT2D eigenvalue weighted by molar-refractivity contribution is 5.93. The standard InChI is InChI=1S/C29H34N3O2/c1-22(24-13-8-9-14-25(24)23-11-5-4-6-12-23)32-18-10-3-2-7-15-27(32)29(33)31-19-16-26-28(21-31)34-20-17-30-26/h4-6,8-15,18,22,26,28,30H,1-3,7,16-17,19-21H2/q-1/b18-10-,27-15-. The van der Waals surface area contributed by atoms with E-state index < -0.39 is 0 Å². The molecule has 0 saturated carbocycles. The molecule has 1 N–H and O–H groups in total. The van der Waals surface area contributed by atoms with E-state index >= 15 is 0 Å². The molecule has 5 nitrogen and oxygen atoms in total. The van der Waals surface area contributed by atoms with E-state index in [1.165, 1.54) is 0 Å². The molecule has 3 aliphatic rings. The first-order chi connectivity index (χ1) is 16.7. The van der Waals surface area contributed by atoms with Crippen molar-refractivity contribution in [3.05, 3.63) is 91.1 Å². The van der Waals surface area contributed by atoms with E-state index in [-0.39, 0.29) is 18.1 Å². The Hall–Kier alpha value is -2.89. The molecule has 3 aliphatic heterocycles. The van der Waals surface area contributed by atoms with Crippen molar-refractivity contribution < 1.29 is 9.53 Å². The maximum atomic E-state index is 13.9. The summed E-state index contributed by atoms with van der Waals surface area (Å²) in [7, 11) is 0. The van der Waals surface area contributed by atoms with Gasteiger partial charge in [-0.25, -0.2) is 0 Å². The van der Waals surface area contributed by atoms with Gasteiger partial charge in [0.2, 0.25) is 0 Å². The zero-order valence-corrected chi connectivity index (χ0v) is 19.7. The molecular formula is C29H34N3O2-. The number of likely N-dealkylation sites (tertiary alicyclic amines) is 1. The lowest BCUT2D eigenvalue weighted by molar-refractivity contribution is -0.135. The number of amides is 1. The van der Waals surface area contributed by atoms with Gasteiger partial charge in [0.25, 0.3) is 5.91 Å². The van der Waals surface area contributed by atoms with Crippen molar-refractivity contribution in [1.29, 1.82) is 0 Å². The second kappa shape index (κ2) is 10.6. The molecule has 0 spiro atoms. The van der Waals surface area contributed by atoms with Crippen LogP contribution in [0.2, 0.25) is 0 Å². The number of hydrogen-bond donors (Lipinski definition) is 1. The highest BCUT2D eigenvalue weighted by Gasteiger charge is 2.35. The molecule has 1 amide bonds. The van der Waals surface area contributed by atoms with Crippen LogP contribution >= 0.6 is 0 Å². The normalized spacial score (nSPS) is 26.4. The summed E-state index contributed by atoms with van der Waals surface area (Å²) < 4.78 is 5.99. The number of nitrogens with one attached hydrogen (secondary N) is 1. The minimum Gasteiger partial charge on any atom is -0.373 e. The third kappa shape index (κ3) is 4.82. The third-order valence-electron chi connectivity index (χ3n) is 7.10. The molecule has 5 rings (SSSR count). The number of nitrogens with zero attached hydrogens (tertiary/aromatic N) is 2. The zero-order valence-electron chi connectivity index (χ0n) is 19.7. The number of morpholine rings is 1. The summed E-state index contributed by atoms with van der Waals surface area (Å²) in [4.78, 5) is 17.9. The fourth-order valence-corrected chi connectivity index (χ4v) is 5.26. The number of fused-ring (bicyclic) bond motifs is 1. The van der Waals surface area contributed by atoms with Crippen LogP contribution in [-0.2, 0) is 9.53 Å². The first-order valence-corrected chi connectivity index (χ1v) is 12.5. The predicted octanol–water partition coefficient (Wildman–Crippen LogP) is 4.70. The fourth-order valence-electron chi connectivity index (χ4n) is 5.26. The molecule has 2 aromatic carbocycles. The van der Waals surface area contributed by atoms with E-state index in [1.807, 2.05) is 11.0 Å². The molecule has 2 saturated heterocycles. The van der Waals surface area contributed by atoms with E-state index in [0.717, 1.165) is 61.2 Å². The molecule has 34 heavy (non-hydrogen) atoms. The van der Waals surface area contributed by atoms with Crippen LogP contribution in [0.15, 0.2) is 78.6 Å². The average molecular weight is 457 g/mol. The van der Waals surface area contributed by atoms with Crippen LogP contribution in [0.3, 0.4) is 0 Å². The number of carbonyl (C=O) groups is 1. The summed E-state index contributed by atoms with van der Waals surface area (Å²) >= 11 is 0. The van der Waals surface area contributed by atoms with Crippen molar-refractivity contribution in [2.75, 3.05) is 26.2 Å². The minimum absolute atomic E-state index is 0.0685. The first-order valence-electron chi connectivity index (χ1n) is 12.5. The van der Waals surface area contributed by atoms with Gasteiger partial charge in [-0.2, -0.15) is 0 Å². The van der Waals surface area contributed by atoms with Crippen molar-refractivity contribution in [3.63, 3.8) is 0 Å². The summed E-state index contributed by atoms with van der Waals surface area (Å²) in [6.07, 6.45) is 10.3. The number of piperidine rings is 1. The Bertz CT molecular complexity index is 1050. The summed E-state index contributed by atoms with van der Waals surface area (Å²) in [5, 5.41) is 3.54. The predicted molar refractivity (Wildman–Crippen MR) is 136 cm³/mol. The van der Waals surface area contributed by atoms with E-state index in [9.17, 15) is 4.79 Å². The van der Waals surface area contributed by atoms with Crippen LogP contribution < -0.4 is 5.32 Å². The van der Waals surface area contributed by atoms with Crippen molar-refractivity contribution in [1.82, 2.24) is 15.1 Å². The smallest absolute Gasteiger partial charge is 0.270 e. The summed E-state index contributed by atoms with van der Waals surface area (Å²) in [5.74, 6) is 0.0741. The van der Waals surface area contributed by atoms with E-state index in [0.29, 0.717) is 19.2 Å². The minimum atomic E-state index is -0.230. The van der Waals surface area contributed by atoms with E-state index in [4.69, 9.17) is 4.74 Å². The quantitative estimate of drug-likeness (QED) is 0.678. The highest BCUT2D eigenvalue weighted by Crippen LogP contribution is 2.34. The molecule has 5 heteroatoms. The van der Waals surface area contributed by atoms with Crippen LogP contribution in [0.4, 0.5) is 0 Å². The lowest BCUT2D eigenvalue weighted by Gasteiger charge is -2.43. The average Bonchev–Trinajstić information content (AvgIpc) is 2.88. The Kier molecular flexibility index (Phi) is 7.12. The molecule has 178 valence electrons. The fraction of sp³-hybridized carbons (Fsp3) is 0.379. The van der Waals surface area contributed by atoms with Crippen molar-refractivity contribution >= 4 is 5.91 Å². The highest BCUT2D eigenvalue weighted by atomic mass is 16.5. The Balaban J connectivity index is 1.44. The SMILES string of the molecule is [CH2-]C(c1ccccc1-c1ccccc1)N1/C=C\CCC/C=C\1C(=O)N1CCC2NCCOC2C1. The molecule has 0 aromatic heterocycles. The number of carbonyl (C=O) groups excluding carboxylic acids is 1. The zero-order chi connectivity index (χ0) is 23.3. The molecule has 0 radical (unpaired) electrons. The lowest BCUT2D eigenvalue weighted by atomic mass is 9.94. The maximum absolute atomic E-state index is 13.9. The largest absolute Gasteiger partial charge is 0.373 e. The maximum Gasteiger partial charge on any atom is 0.270 e. The second-order valence-electron chi connectivity index (χ2n) is 9.29. The van der Waals surface area contributed by atoms with Gasteiger partial charge in [-0.15, -0.1) is 0 Å². The number of rotatable bonds is 4. The van der Waals surface area contributed by atoms with E-state index in [1.54, 1.807) is 0 Å². The Labute approximate surface area is 203 Å². The van der Waals surface area contributed by atoms with Crippen molar-refractivity contribution in [3.8, 4) is 11.1 Å². The molecule has 3 heterocycles. The van der Waals surface area contributed by atoms with Crippen LogP contribution in [0.5, 0.6) is 0 Å². The van der Waals surface area contributed by atoms with Gasteiger partial charge in [0.1, 0.15) is 5.70 Å². The van der Waals surface area contributed by atoms with Gasteiger partial charge < -0.3 is 26.8 Å². The van der Waals surface area contributed by atoms with Gasteiger partial charge >= 0.3 is 0 Å². The monoisotopic (exact) mass is 456 g/mol. The van der Waals surface area contributed by atoms with E-state index in [2.05, 4.69) is 84.0 Å². The Morgan fingerprint density at radius 3 is 2.79 bits per heavy atom. The second-order valence-corrected chi connectivity index (χ2v) is 9.29. The van der Waals surface area contributed by atoms with Crippen LogP contribution in [0, 0.1) is 6.92 Å². The summed E-state index contributed by atoms with van der Waals surface area (Å²) in [5.41, 5.74) is 4.13. The van der Waals surface area contributed by atoms with Crippen molar-refractivity contribution in [2.24, 2.45) is 0 Å². The van der Waals surface area contributed by atoms with Gasteiger partial charge in [-0.05, 0) is 48.6 Å². The summed E-state index contributed by atoms with van der Waals surface area (Å²) in [6.45, 7) is 7.54. The molecule has 3 unspecified atom stereocenters. The number of allylic oxidation sites excluding steroid dienone is 2. The van der Waals surface area contributed by atoms with Gasteiger partial charge in [0.05, 0.1) is 12.7 Å².